The Bertz CT molecular complexity index is 538. The molecule has 0 atom stereocenters. The lowest BCUT2D eigenvalue weighted by atomic mass is 10.1. The van der Waals surface area contributed by atoms with Gasteiger partial charge in [-0.2, -0.15) is 0 Å². The maximum atomic E-state index is 5.68. The molecule has 0 unspecified atom stereocenters. The fourth-order valence-corrected chi connectivity index (χ4v) is 1.66. The highest BCUT2D eigenvalue weighted by atomic mass is 35.5. The van der Waals surface area contributed by atoms with E-state index in [4.69, 9.17) is 5.73 Å². The zero-order valence-electron chi connectivity index (χ0n) is 11.4. The van der Waals surface area contributed by atoms with Crippen LogP contribution in [0.15, 0.2) is 30.3 Å². The maximum absolute atomic E-state index is 5.68. The Hall–Kier alpha value is -1.65. The zero-order chi connectivity index (χ0) is 13.1. The molecule has 0 aliphatic carbocycles. The van der Waals surface area contributed by atoms with Crippen LogP contribution in [0, 0.1) is 6.92 Å². The van der Waals surface area contributed by atoms with Crippen molar-refractivity contribution in [2.45, 2.75) is 13.5 Å². The van der Waals surface area contributed by atoms with E-state index in [0.29, 0.717) is 12.5 Å². The summed E-state index contributed by atoms with van der Waals surface area (Å²) in [6.07, 6.45) is 0. The van der Waals surface area contributed by atoms with Gasteiger partial charge in [-0.1, -0.05) is 29.8 Å². The predicted molar refractivity (Wildman–Crippen MR) is 81.7 cm³/mol. The maximum Gasteiger partial charge on any atom is 0.225 e. The van der Waals surface area contributed by atoms with Gasteiger partial charge >= 0.3 is 0 Å². The highest BCUT2D eigenvalue weighted by Gasteiger charge is 2.07. The van der Waals surface area contributed by atoms with Gasteiger partial charge in [-0.15, -0.1) is 12.4 Å². The number of aromatic nitrogens is 2. The number of anilines is 1. The molecule has 0 amide bonds. The summed E-state index contributed by atoms with van der Waals surface area (Å²) in [5.41, 5.74) is 9.76. The van der Waals surface area contributed by atoms with Crippen LogP contribution >= 0.6 is 12.4 Å². The molecule has 0 aliphatic heterocycles. The van der Waals surface area contributed by atoms with Crippen molar-refractivity contribution in [3.63, 3.8) is 0 Å². The molecule has 19 heavy (non-hydrogen) atoms. The molecule has 1 aromatic heterocycles. The summed E-state index contributed by atoms with van der Waals surface area (Å²) in [5, 5.41) is 0. The molecule has 2 N–H and O–H groups in total. The van der Waals surface area contributed by atoms with E-state index >= 15 is 0 Å². The first kappa shape index (κ1) is 15.4. The molecule has 0 bridgehead atoms. The number of hydrogen-bond donors (Lipinski definition) is 1. The SMILES string of the molecule is Cc1ccc(-c2cc(CN)nc(N(C)C)n2)cc1.Cl. The van der Waals surface area contributed by atoms with Gasteiger partial charge in [0.1, 0.15) is 0 Å². The monoisotopic (exact) mass is 278 g/mol. The van der Waals surface area contributed by atoms with Crippen LogP contribution in [0.25, 0.3) is 11.3 Å². The third kappa shape index (κ3) is 3.66. The van der Waals surface area contributed by atoms with Crippen LogP contribution in [0.5, 0.6) is 0 Å². The lowest BCUT2D eigenvalue weighted by Gasteiger charge is -2.13. The Morgan fingerprint density at radius 1 is 1.11 bits per heavy atom. The number of benzene rings is 1. The average molecular weight is 279 g/mol. The van der Waals surface area contributed by atoms with Gasteiger partial charge in [0, 0.05) is 26.2 Å². The highest BCUT2D eigenvalue weighted by molar-refractivity contribution is 5.85. The summed E-state index contributed by atoms with van der Waals surface area (Å²) in [6, 6.07) is 10.2. The number of rotatable bonds is 3. The minimum absolute atomic E-state index is 0. The van der Waals surface area contributed by atoms with Crippen molar-refractivity contribution in [1.82, 2.24) is 9.97 Å². The van der Waals surface area contributed by atoms with Gasteiger partial charge in [-0.3, -0.25) is 0 Å². The summed E-state index contributed by atoms with van der Waals surface area (Å²) >= 11 is 0. The lowest BCUT2D eigenvalue weighted by molar-refractivity contribution is 0.925. The molecule has 1 aromatic carbocycles. The molecular formula is C14H19ClN4. The number of nitrogens with two attached hydrogens (primary N) is 1. The predicted octanol–water partition coefficient (Wildman–Crippen LogP) is 2.40. The minimum atomic E-state index is 0. The van der Waals surface area contributed by atoms with Gasteiger partial charge in [0.2, 0.25) is 5.95 Å². The van der Waals surface area contributed by atoms with Gasteiger partial charge in [0.15, 0.2) is 0 Å². The van der Waals surface area contributed by atoms with Crippen molar-refractivity contribution < 1.29 is 0 Å². The largest absolute Gasteiger partial charge is 0.347 e. The van der Waals surface area contributed by atoms with E-state index in [0.717, 1.165) is 17.0 Å². The zero-order valence-corrected chi connectivity index (χ0v) is 12.2. The summed E-state index contributed by atoms with van der Waals surface area (Å²) in [4.78, 5) is 10.8. The van der Waals surface area contributed by atoms with E-state index < -0.39 is 0 Å². The average Bonchev–Trinajstić information content (AvgIpc) is 2.39. The molecule has 2 rings (SSSR count). The van der Waals surface area contributed by atoms with Crippen molar-refractivity contribution in [3.05, 3.63) is 41.6 Å². The first-order valence-corrected chi connectivity index (χ1v) is 5.92. The van der Waals surface area contributed by atoms with Crippen molar-refractivity contribution in [1.29, 1.82) is 0 Å². The second-order valence-corrected chi connectivity index (χ2v) is 4.51. The molecule has 0 aliphatic rings. The minimum Gasteiger partial charge on any atom is -0.347 e. The molecule has 0 fully saturated rings. The molecule has 0 spiro atoms. The Morgan fingerprint density at radius 2 is 1.74 bits per heavy atom. The number of aryl methyl sites for hydroxylation is 1. The van der Waals surface area contributed by atoms with Crippen LogP contribution in [0.2, 0.25) is 0 Å². The normalized spacial score (nSPS) is 9.89. The van der Waals surface area contributed by atoms with Crippen LogP contribution < -0.4 is 10.6 Å². The van der Waals surface area contributed by atoms with Crippen molar-refractivity contribution in [2.75, 3.05) is 19.0 Å². The van der Waals surface area contributed by atoms with Gasteiger partial charge in [0.25, 0.3) is 0 Å². The quantitative estimate of drug-likeness (QED) is 0.937. The van der Waals surface area contributed by atoms with Gasteiger partial charge in [-0.25, -0.2) is 9.97 Å². The first-order chi connectivity index (χ1) is 8.60. The Morgan fingerprint density at radius 3 is 2.26 bits per heavy atom. The number of nitrogens with zero attached hydrogens (tertiary/aromatic N) is 3. The third-order valence-electron chi connectivity index (χ3n) is 2.72. The second kappa shape index (κ2) is 6.50. The van der Waals surface area contributed by atoms with Gasteiger partial charge < -0.3 is 10.6 Å². The van der Waals surface area contributed by atoms with E-state index in [-0.39, 0.29) is 12.4 Å². The van der Waals surface area contributed by atoms with E-state index in [1.54, 1.807) is 0 Å². The van der Waals surface area contributed by atoms with Crippen LogP contribution in [-0.4, -0.2) is 24.1 Å². The summed E-state index contributed by atoms with van der Waals surface area (Å²) in [6.45, 7) is 2.49. The molecule has 0 saturated carbocycles. The van der Waals surface area contributed by atoms with Crippen LogP contribution in [0.1, 0.15) is 11.3 Å². The van der Waals surface area contributed by atoms with Crippen molar-refractivity contribution in [3.8, 4) is 11.3 Å². The van der Waals surface area contributed by atoms with E-state index in [1.165, 1.54) is 5.56 Å². The molecule has 0 saturated heterocycles. The highest BCUT2D eigenvalue weighted by Crippen LogP contribution is 2.20. The van der Waals surface area contributed by atoms with E-state index in [1.807, 2.05) is 25.1 Å². The number of hydrogen-bond acceptors (Lipinski definition) is 4. The third-order valence-corrected chi connectivity index (χ3v) is 2.72. The second-order valence-electron chi connectivity index (χ2n) is 4.51. The summed E-state index contributed by atoms with van der Waals surface area (Å²) in [7, 11) is 3.85. The van der Waals surface area contributed by atoms with Gasteiger partial charge in [-0.05, 0) is 13.0 Å². The van der Waals surface area contributed by atoms with Crippen molar-refractivity contribution >= 4 is 18.4 Å². The van der Waals surface area contributed by atoms with Crippen LogP contribution in [-0.2, 0) is 6.54 Å². The summed E-state index contributed by atoms with van der Waals surface area (Å²) < 4.78 is 0. The topological polar surface area (TPSA) is 55.0 Å². The Kier molecular flexibility index (Phi) is 5.27. The van der Waals surface area contributed by atoms with Crippen LogP contribution in [0.4, 0.5) is 5.95 Å². The molecule has 4 nitrogen and oxygen atoms in total. The fourth-order valence-electron chi connectivity index (χ4n) is 1.66. The van der Waals surface area contributed by atoms with E-state index in [9.17, 15) is 0 Å². The van der Waals surface area contributed by atoms with Crippen molar-refractivity contribution in [2.24, 2.45) is 5.73 Å². The first-order valence-electron chi connectivity index (χ1n) is 5.92. The smallest absolute Gasteiger partial charge is 0.225 e. The lowest BCUT2D eigenvalue weighted by Crippen LogP contribution is -2.15. The standard InChI is InChI=1S/C14H18N4.ClH/c1-10-4-6-11(7-5-10)13-8-12(9-15)16-14(17-13)18(2)3;/h4-8H,9,15H2,1-3H3;1H. The fraction of sp³-hybridized carbons (Fsp3) is 0.286. The molecule has 2 aromatic rings. The molecule has 5 heteroatoms. The summed E-state index contributed by atoms with van der Waals surface area (Å²) in [5.74, 6) is 0.688. The molecule has 1 heterocycles. The molecule has 0 radical (unpaired) electrons. The molecule has 102 valence electrons. The molecular weight excluding hydrogens is 260 g/mol. The van der Waals surface area contributed by atoms with Gasteiger partial charge in [0.05, 0.1) is 11.4 Å². The Labute approximate surface area is 120 Å². The van der Waals surface area contributed by atoms with Crippen LogP contribution in [0.3, 0.4) is 0 Å². The Balaban J connectivity index is 0.00000180. The number of halogens is 1. The van der Waals surface area contributed by atoms with E-state index in [2.05, 4.69) is 41.2 Å².